The highest BCUT2D eigenvalue weighted by molar-refractivity contribution is 5.81. The van der Waals surface area contributed by atoms with Crippen molar-refractivity contribution in [2.24, 2.45) is 5.92 Å². The first kappa shape index (κ1) is 21.4. The van der Waals surface area contributed by atoms with E-state index in [2.05, 4.69) is 71.0 Å². The number of hydrogen-bond acceptors (Lipinski definition) is 2. The van der Waals surface area contributed by atoms with Crippen molar-refractivity contribution < 1.29 is 14.6 Å². The van der Waals surface area contributed by atoms with Gasteiger partial charge in [-0.15, -0.1) is 0 Å². The number of fused-ring (bicyclic) bond motifs is 1. The molecule has 4 rings (SSSR count). The lowest BCUT2D eigenvalue weighted by atomic mass is 9.80. The number of rotatable bonds is 5. The van der Waals surface area contributed by atoms with Crippen molar-refractivity contribution >= 4 is 5.97 Å². The summed E-state index contributed by atoms with van der Waals surface area (Å²) in [6.45, 7) is 13.7. The molecule has 2 unspecified atom stereocenters. The zero-order chi connectivity index (χ0) is 22.6. The highest BCUT2D eigenvalue weighted by Crippen LogP contribution is 2.58. The summed E-state index contributed by atoms with van der Waals surface area (Å²) in [7, 11) is 0. The topological polar surface area (TPSA) is 46.5 Å². The Morgan fingerprint density at radius 3 is 2.48 bits per heavy atom. The average molecular weight is 417 g/mol. The van der Waals surface area contributed by atoms with Gasteiger partial charge in [-0.2, -0.15) is 0 Å². The molecule has 2 aromatic carbocycles. The van der Waals surface area contributed by atoms with E-state index in [1.165, 1.54) is 39.5 Å². The molecule has 0 aromatic heterocycles. The zero-order valence-electron chi connectivity index (χ0n) is 19.4. The van der Waals surface area contributed by atoms with E-state index in [0.29, 0.717) is 12.5 Å². The molecule has 2 aliphatic rings. The molecule has 31 heavy (non-hydrogen) atoms. The Hall–Kier alpha value is -2.81. The van der Waals surface area contributed by atoms with E-state index in [1.807, 2.05) is 13.0 Å². The second-order valence-electron chi connectivity index (χ2n) is 10.2. The minimum absolute atomic E-state index is 0.0198. The number of carboxylic acid groups (broad SMARTS) is 1. The highest BCUT2D eigenvalue weighted by Gasteiger charge is 2.50. The number of carbonyl (C=O) groups is 1. The molecule has 1 fully saturated rings. The number of ether oxygens (including phenoxy) is 1. The first-order valence-electron chi connectivity index (χ1n) is 11.0. The van der Waals surface area contributed by atoms with E-state index in [0.717, 1.165) is 17.7 Å². The van der Waals surface area contributed by atoms with Gasteiger partial charge in [0.1, 0.15) is 5.75 Å². The maximum absolute atomic E-state index is 10.9. The van der Waals surface area contributed by atoms with Crippen LogP contribution in [0, 0.1) is 19.8 Å². The molecule has 0 amide bonds. The van der Waals surface area contributed by atoms with Gasteiger partial charge in [0.15, 0.2) is 0 Å². The Labute approximate surface area is 185 Å². The van der Waals surface area contributed by atoms with Crippen molar-refractivity contribution in [3.8, 4) is 16.9 Å². The van der Waals surface area contributed by atoms with Crippen LogP contribution in [0.3, 0.4) is 0 Å². The number of allylic oxidation sites excluding steroid dienone is 3. The molecule has 0 bridgehead atoms. The summed E-state index contributed by atoms with van der Waals surface area (Å²) in [5.74, 6) is 0.529. The van der Waals surface area contributed by atoms with Gasteiger partial charge in [-0.3, -0.25) is 0 Å². The van der Waals surface area contributed by atoms with Crippen LogP contribution in [-0.2, 0) is 15.6 Å². The number of hydrogen-bond donors (Lipinski definition) is 1. The standard InChI is InChI=1S/C28H32O3/c1-17(12-24(29)30)10-11-20-15-28(20,6)21-13-22(25-18(2)8-7-9-19(25)3)26-23(14-21)27(4,5)16-31-26/h7-14,20H,15-16H2,1-6H3,(H,29,30)/b11-10+,17-12+. The third-order valence-electron chi connectivity index (χ3n) is 7.05. The molecule has 0 radical (unpaired) electrons. The van der Waals surface area contributed by atoms with Crippen molar-refractivity contribution in [3.05, 3.63) is 76.4 Å². The van der Waals surface area contributed by atoms with Crippen molar-refractivity contribution in [2.45, 2.75) is 58.8 Å². The van der Waals surface area contributed by atoms with Crippen LogP contribution < -0.4 is 4.74 Å². The minimum atomic E-state index is -0.903. The van der Waals surface area contributed by atoms with Gasteiger partial charge in [0.25, 0.3) is 0 Å². The molecule has 1 N–H and O–H groups in total. The van der Waals surface area contributed by atoms with Gasteiger partial charge in [0.2, 0.25) is 0 Å². The molecule has 0 saturated heterocycles. The number of aryl methyl sites for hydroxylation is 2. The molecular weight excluding hydrogens is 384 g/mol. The van der Waals surface area contributed by atoms with Gasteiger partial charge >= 0.3 is 5.97 Å². The molecule has 1 aliphatic carbocycles. The SMILES string of the molecule is CC(/C=C/C1CC1(C)c1cc(-c2c(C)cccc2C)c2c(c1)C(C)(C)CO2)=C\C(=O)O. The van der Waals surface area contributed by atoms with Crippen LogP contribution in [0.4, 0.5) is 0 Å². The lowest BCUT2D eigenvalue weighted by Gasteiger charge is -2.21. The van der Waals surface area contributed by atoms with Crippen LogP contribution in [0.1, 0.15) is 56.4 Å². The van der Waals surface area contributed by atoms with Crippen LogP contribution in [-0.4, -0.2) is 17.7 Å². The van der Waals surface area contributed by atoms with Crippen molar-refractivity contribution in [1.29, 1.82) is 0 Å². The monoisotopic (exact) mass is 416 g/mol. The van der Waals surface area contributed by atoms with Crippen molar-refractivity contribution in [2.75, 3.05) is 6.61 Å². The summed E-state index contributed by atoms with van der Waals surface area (Å²) in [5.41, 5.74) is 8.44. The van der Waals surface area contributed by atoms with Gasteiger partial charge < -0.3 is 9.84 Å². The summed E-state index contributed by atoms with van der Waals surface area (Å²) in [5, 5.41) is 8.95. The van der Waals surface area contributed by atoms with Crippen LogP contribution in [0.2, 0.25) is 0 Å². The predicted octanol–water partition coefficient (Wildman–Crippen LogP) is 6.51. The maximum atomic E-state index is 10.9. The summed E-state index contributed by atoms with van der Waals surface area (Å²) in [6.07, 6.45) is 6.43. The largest absolute Gasteiger partial charge is 0.492 e. The Kier molecular flexibility index (Phi) is 5.12. The molecule has 2 aromatic rings. The van der Waals surface area contributed by atoms with E-state index >= 15 is 0 Å². The number of carboxylic acids is 1. The lowest BCUT2D eigenvalue weighted by molar-refractivity contribution is -0.131. The van der Waals surface area contributed by atoms with Gasteiger partial charge in [-0.25, -0.2) is 4.79 Å². The fourth-order valence-corrected chi connectivity index (χ4v) is 4.89. The number of aliphatic carboxylic acids is 1. The fourth-order valence-electron chi connectivity index (χ4n) is 4.89. The molecule has 0 spiro atoms. The first-order chi connectivity index (χ1) is 14.5. The van der Waals surface area contributed by atoms with E-state index < -0.39 is 5.97 Å². The molecular formula is C28H32O3. The second kappa shape index (κ2) is 7.40. The molecule has 3 heteroatoms. The van der Waals surface area contributed by atoms with Crippen LogP contribution in [0.15, 0.2) is 54.1 Å². The third kappa shape index (κ3) is 3.82. The van der Waals surface area contributed by atoms with Gasteiger partial charge in [0.05, 0.1) is 6.61 Å². The number of benzene rings is 2. The summed E-state index contributed by atoms with van der Waals surface area (Å²) < 4.78 is 6.26. The molecule has 1 heterocycles. The van der Waals surface area contributed by atoms with E-state index in [1.54, 1.807) is 0 Å². The summed E-state index contributed by atoms with van der Waals surface area (Å²) >= 11 is 0. The lowest BCUT2D eigenvalue weighted by Crippen LogP contribution is -2.18. The maximum Gasteiger partial charge on any atom is 0.328 e. The Bertz CT molecular complexity index is 1100. The molecule has 3 nitrogen and oxygen atoms in total. The molecule has 1 saturated carbocycles. The van der Waals surface area contributed by atoms with Crippen LogP contribution in [0.25, 0.3) is 11.1 Å². The zero-order valence-corrected chi connectivity index (χ0v) is 19.4. The highest BCUT2D eigenvalue weighted by atomic mass is 16.5. The van der Waals surface area contributed by atoms with Crippen LogP contribution in [0.5, 0.6) is 5.75 Å². The minimum Gasteiger partial charge on any atom is -0.492 e. The van der Waals surface area contributed by atoms with Gasteiger partial charge in [-0.1, -0.05) is 57.2 Å². The quantitative estimate of drug-likeness (QED) is 0.447. The normalized spacial score (nSPS) is 24.2. The fraction of sp³-hybridized carbons (Fsp3) is 0.393. The molecule has 1 aliphatic heterocycles. The van der Waals surface area contributed by atoms with Gasteiger partial charge in [0, 0.05) is 22.6 Å². The second-order valence-corrected chi connectivity index (χ2v) is 10.2. The average Bonchev–Trinajstić information content (AvgIpc) is 3.25. The Balaban J connectivity index is 1.79. The molecule has 162 valence electrons. The van der Waals surface area contributed by atoms with Crippen molar-refractivity contribution in [1.82, 2.24) is 0 Å². The molecule has 2 atom stereocenters. The van der Waals surface area contributed by atoms with E-state index in [9.17, 15) is 4.79 Å². The third-order valence-corrected chi connectivity index (χ3v) is 7.05. The predicted molar refractivity (Wildman–Crippen MR) is 126 cm³/mol. The first-order valence-corrected chi connectivity index (χ1v) is 11.0. The van der Waals surface area contributed by atoms with Crippen LogP contribution >= 0.6 is 0 Å². The Morgan fingerprint density at radius 1 is 1.16 bits per heavy atom. The smallest absolute Gasteiger partial charge is 0.328 e. The Morgan fingerprint density at radius 2 is 1.84 bits per heavy atom. The van der Waals surface area contributed by atoms with E-state index in [-0.39, 0.29) is 10.8 Å². The van der Waals surface area contributed by atoms with Crippen molar-refractivity contribution in [3.63, 3.8) is 0 Å². The van der Waals surface area contributed by atoms with Gasteiger partial charge in [-0.05, 0) is 72.4 Å². The summed E-state index contributed by atoms with van der Waals surface area (Å²) in [6, 6.07) is 11.1. The van der Waals surface area contributed by atoms with E-state index in [4.69, 9.17) is 9.84 Å². The summed E-state index contributed by atoms with van der Waals surface area (Å²) in [4.78, 5) is 10.9.